The number of hydrogen-bond acceptors (Lipinski definition) is 3. The highest BCUT2D eigenvalue weighted by molar-refractivity contribution is 7.09. The monoisotopic (exact) mass is 483 g/mol. The van der Waals surface area contributed by atoms with Gasteiger partial charge in [-0.25, -0.2) is 0 Å². The number of hydrogen-bond donors (Lipinski definition) is 0. The minimum Gasteiger partial charge on any atom is -0.482 e. The SMILES string of the molecule is Cn1cc(-c2csc(COc3cccc(C(F)(F)F)c3)[nH+]2)cc1C(=O)C(Cl)(Cl)Cl. The molecule has 0 aliphatic carbocycles. The third kappa shape index (κ3) is 5.25. The predicted octanol–water partition coefficient (Wildman–Crippen LogP) is 5.72. The molecule has 0 amide bonds. The Labute approximate surface area is 182 Å². The first kappa shape index (κ1) is 22.0. The van der Waals surface area contributed by atoms with Crippen LogP contribution in [0.25, 0.3) is 11.3 Å². The van der Waals surface area contributed by atoms with Crippen LogP contribution in [0.5, 0.6) is 5.75 Å². The van der Waals surface area contributed by atoms with E-state index in [-0.39, 0.29) is 18.1 Å². The quantitative estimate of drug-likeness (QED) is 0.343. The lowest BCUT2D eigenvalue weighted by Gasteiger charge is -2.09. The molecule has 0 saturated carbocycles. The first-order valence-electron chi connectivity index (χ1n) is 8.03. The Morgan fingerprint density at radius 3 is 2.62 bits per heavy atom. The van der Waals surface area contributed by atoms with E-state index in [1.54, 1.807) is 29.3 Å². The summed E-state index contributed by atoms with van der Waals surface area (Å²) >= 11 is 18.3. The molecular weight excluding hydrogens is 472 g/mol. The fourth-order valence-corrected chi connectivity index (χ4v) is 3.58. The van der Waals surface area contributed by atoms with Gasteiger partial charge in [-0.3, -0.25) is 4.79 Å². The number of aromatic nitrogens is 2. The highest BCUT2D eigenvalue weighted by atomic mass is 35.6. The second-order valence-electron chi connectivity index (χ2n) is 6.06. The largest absolute Gasteiger partial charge is 0.482 e. The maximum atomic E-state index is 12.8. The van der Waals surface area contributed by atoms with Crippen molar-refractivity contribution in [3.63, 3.8) is 0 Å². The molecule has 0 saturated heterocycles. The van der Waals surface area contributed by atoms with Crippen molar-refractivity contribution in [3.8, 4) is 17.0 Å². The van der Waals surface area contributed by atoms with Gasteiger partial charge in [0.2, 0.25) is 11.5 Å². The van der Waals surface area contributed by atoms with Gasteiger partial charge in [-0.2, -0.15) is 18.2 Å². The zero-order valence-electron chi connectivity index (χ0n) is 14.7. The summed E-state index contributed by atoms with van der Waals surface area (Å²) in [5.74, 6) is -0.543. The molecule has 1 N–H and O–H groups in total. The number of aryl methyl sites for hydroxylation is 1. The molecule has 3 rings (SSSR count). The maximum absolute atomic E-state index is 12.8. The fraction of sp³-hybridized carbons (Fsp3) is 0.222. The number of alkyl halides is 6. The van der Waals surface area contributed by atoms with Crippen molar-refractivity contribution in [2.24, 2.45) is 7.05 Å². The Morgan fingerprint density at radius 2 is 1.97 bits per heavy atom. The number of benzene rings is 1. The predicted molar refractivity (Wildman–Crippen MR) is 106 cm³/mol. The van der Waals surface area contributed by atoms with Crippen molar-refractivity contribution in [3.05, 3.63) is 58.2 Å². The molecule has 0 unspecified atom stereocenters. The molecule has 0 atom stereocenters. The van der Waals surface area contributed by atoms with Crippen LogP contribution in [0, 0.1) is 0 Å². The summed E-state index contributed by atoms with van der Waals surface area (Å²) in [4.78, 5) is 15.3. The van der Waals surface area contributed by atoms with E-state index in [1.807, 2.05) is 0 Å². The van der Waals surface area contributed by atoms with Gasteiger partial charge in [-0.15, -0.1) is 0 Å². The van der Waals surface area contributed by atoms with Gasteiger partial charge in [0.25, 0.3) is 8.80 Å². The van der Waals surface area contributed by atoms with E-state index >= 15 is 0 Å². The van der Waals surface area contributed by atoms with Gasteiger partial charge in [-0.1, -0.05) is 52.2 Å². The number of halogens is 6. The number of Topliss-reactive ketones (excluding diaryl/α,β-unsaturated/α-hetero) is 1. The second kappa shape index (κ2) is 8.18. The molecule has 0 fully saturated rings. The normalized spacial score (nSPS) is 12.2. The molecule has 2 heterocycles. The first-order chi connectivity index (χ1) is 13.4. The molecular formula is C18H13Cl3F3N2O2S+. The van der Waals surface area contributed by atoms with Crippen molar-refractivity contribution in [2.75, 3.05) is 0 Å². The van der Waals surface area contributed by atoms with Gasteiger partial charge in [0.05, 0.1) is 22.2 Å². The molecule has 1 aromatic carbocycles. The van der Waals surface area contributed by atoms with E-state index in [0.717, 1.165) is 12.1 Å². The maximum Gasteiger partial charge on any atom is 0.416 e. The Bertz CT molecular complexity index is 1040. The lowest BCUT2D eigenvalue weighted by Crippen LogP contribution is -2.21. The second-order valence-corrected chi connectivity index (χ2v) is 9.31. The molecule has 0 aliphatic heterocycles. The highest BCUT2D eigenvalue weighted by Gasteiger charge is 2.34. The third-order valence-corrected chi connectivity index (χ3v) is 5.30. The summed E-state index contributed by atoms with van der Waals surface area (Å²) in [6, 6.07) is 6.25. The van der Waals surface area contributed by atoms with Gasteiger partial charge in [0.1, 0.15) is 5.75 Å². The third-order valence-electron chi connectivity index (χ3n) is 3.93. The molecule has 11 heteroatoms. The van der Waals surface area contributed by atoms with Crippen LogP contribution < -0.4 is 9.72 Å². The number of ketones is 1. The number of nitrogens with zero attached hydrogens (tertiary/aromatic N) is 1. The van der Waals surface area contributed by atoms with Crippen LogP contribution in [0.15, 0.2) is 41.9 Å². The van der Waals surface area contributed by atoms with Gasteiger partial charge in [0.15, 0.2) is 6.61 Å². The number of thiazole rings is 1. The molecule has 0 bridgehead atoms. The van der Waals surface area contributed by atoms with Crippen LogP contribution in [0.1, 0.15) is 21.1 Å². The van der Waals surface area contributed by atoms with Crippen LogP contribution in [-0.2, 0) is 19.8 Å². The molecule has 4 nitrogen and oxygen atoms in total. The molecule has 29 heavy (non-hydrogen) atoms. The van der Waals surface area contributed by atoms with Crippen LogP contribution in [0.4, 0.5) is 13.2 Å². The van der Waals surface area contributed by atoms with Gasteiger partial charge >= 0.3 is 6.18 Å². The average Bonchev–Trinajstić information content (AvgIpc) is 3.24. The number of H-pyrrole nitrogens is 1. The zero-order chi connectivity index (χ0) is 21.4. The van der Waals surface area contributed by atoms with Crippen molar-refractivity contribution >= 4 is 51.9 Å². The average molecular weight is 485 g/mol. The first-order valence-corrected chi connectivity index (χ1v) is 10.0. The number of carbonyl (C=O) groups excluding carboxylic acids is 1. The van der Waals surface area contributed by atoms with Crippen LogP contribution in [0.2, 0.25) is 0 Å². The standard InChI is InChI=1S/C18H12Cl3F3N2O2S/c1-26-7-10(5-14(26)16(27)17(19,20)21)13-9-29-15(25-13)8-28-12-4-2-3-11(6-12)18(22,23)24/h2-7,9H,8H2,1H3/p+1. The van der Waals surface area contributed by atoms with E-state index in [0.29, 0.717) is 16.3 Å². The molecule has 154 valence electrons. The van der Waals surface area contributed by atoms with Crippen molar-refractivity contribution in [1.82, 2.24) is 4.57 Å². The molecule has 0 aliphatic rings. The van der Waals surface area contributed by atoms with E-state index in [1.165, 1.54) is 23.5 Å². The summed E-state index contributed by atoms with van der Waals surface area (Å²) in [6.07, 6.45) is -2.74. The number of nitrogens with one attached hydrogen (secondary N) is 1. The number of carbonyl (C=O) groups is 1. The zero-order valence-corrected chi connectivity index (χ0v) is 17.8. The number of rotatable bonds is 5. The van der Waals surface area contributed by atoms with Gasteiger partial charge in [0, 0.05) is 13.2 Å². The van der Waals surface area contributed by atoms with Crippen molar-refractivity contribution < 1.29 is 27.7 Å². The van der Waals surface area contributed by atoms with E-state index in [4.69, 9.17) is 39.5 Å². The van der Waals surface area contributed by atoms with Crippen LogP contribution in [-0.4, -0.2) is 14.1 Å². The van der Waals surface area contributed by atoms with E-state index < -0.39 is 21.3 Å². The minimum absolute atomic E-state index is 0.0543. The highest BCUT2D eigenvalue weighted by Crippen LogP contribution is 2.33. The Kier molecular flexibility index (Phi) is 6.19. The Morgan fingerprint density at radius 1 is 1.24 bits per heavy atom. The lowest BCUT2D eigenvalue weighted by molar-refractivity contribution is -0.373. The van der Waals surface area contributed by atoms with Crippen molar-refractivity contribution in [1.29, 1.82) is 0 Å². The smallest absolute Gasteiger partial charge is 0.416 e. The van der Waals surface area contributed by atoms with Crippen LogP contribution >= 0.6 is 46.1 Å². The summed E-state index contributed by atoms with van der Waals surface area (Å²) in [5.41, 5.74) is 0.825. The lowest BCUT2D eigenvalue weighted by atomic mass is 10.2. The fourth-order valence-electron chi connectivity index (χ4n) is 2.54. The molecule has 0 radical (unpaired) electrons. The van der Waals surface area contributed by atoms with Gasteiger partial charge < -0.3 is 9.30 Å². The summed E-state index contributed by atoms with van der Waals surface area (Å²) < 4.78 is 43.3. The summed E-state index contributed by atoms with van der Waals surface area (Å²) in [7, 11) is 1.65. The van der Waals surface area contributed by atoms with Crippen LogP contribution in [0.3, 0.4) is 0 Å². The number of aromatic amines is 1. The number of ether oxygens (including phenoxy) is 1. The topological polar surface area (TPSA) is 45.4 Å². The molecule has 2 aromatic heterocycles. The van der Waals surface area contributed by atoms with E-state index in [2.05, 4.69) is 4.98 Å². The molecule has 3 aromatic rings. The Hall–Kier alpha value is -1.74. The van der Waals surface area contributed by atoms with Crippen molar-refractivity contribution in [2.45, 2.75) is 16.6 Å². The summed E-state index contributed by atoms with van der Waals surface area (Å²) in [6.45, 7) is 0.0543. The minimum atomic E-state index is -4.43. The Balaban J connectivity index is 1.73. The van der Waals surface area contributed by atoms with Gasteiger partial charge in [-0.05, 0) is 24.3 Å². The van der Waals surface area contributed by atoms with E-state index in [9.17, 15) is 18.0 Å². The summed E-state index contributed by atoms with van der Waals surface area (Å²) in [5, 5.41) is 2.47. The molecule has 0 spiro atoms.